The van der Waals surface area contributed by atoms with Gasteiger partial charge < -0.3 is 10.5 Å². The molecule has 0 aromatic heterocycles. The number of ether oxygens (including phenoxy) is 1. The Morgan fingerprint density at radius 3 is 2.25 bits per heavy atom. The highest BCUT2D eigenvalue weighted by molar-refractivity contribution is 7.93. The van der Waals surface area contributed by atoms with Crippen LogP contribution >= 0.6 is 0 Å². The number of hydrogen-bond donors (Lipinski definition) is 2. The van der Waals surface area contributed by atoms with Crippen molar-refractivity contribution in [3.05, 3.63) is 0 Å². The molecular weight excluding hydrogens is 304 g/mol. The summed E-state index contributed by atoms with van der Waals surface area (Å²) in [5.41, 5.74) is 5.78. The number of sulfone groups is 1. The molecule has 0 saturated heterocycles. The SMILES string of the molecule is CS(=O)(=O)CCS(=O)(=O)NCCOC1CCC(N)CC1. The largest absolute Gasteiger partial charge is 0.377 e. The lowest BCUT2D eigenvalue weighted by Gasteiger charge is -2.26. The van der Waals surface area contributed by atoms with Crippen molar-refractivity contribution in [2.75, 3.05) is 30.9 Å². The second kappa shape index (κ2) is 7.69. The number of sulfonamides is 1. The molecule has 1 fully saturated rings. The maximum absolute atomic E-state index is 11.5. The van der Waals surface area contributed by atoms with E-state index < -0.39 is 25.6 Å². The van der Waals surface area contributed by atoms with Crippen molar-refractivity contribution < 1.29 is 21.6 Å². The summed E-state index contributed by atoms with van der Waals surface area (Å²) in [5.74, 6) is -0.784. The molecule has 0 bridgehead atoms. The van der Waals surface area contributed by atoms with Crippen LogP contribution in [0.5, 0.6) is 0 Å². The molecule has 1 aliphatic carbocycles. The Labute approximate surface area is 121 Å². The molecular formula is C11H24N2O5S2. The molecule has 0 aromatic carbocycles. The molecule has 0 amide bonds. The number of nitrogens with one attached hydrogen (secondary N) is 1. The zero-order valence-electron chi connectivity index (χ0n) is 11.7. The topological polar surface area (TPSA) is 116 Å². The number of rotatable bonds is 8. The molecule has 0 spiro atoms. The fraction of sp³-hybridized carbons (Fsp3) is 1.00. The average molecular weight is 328 g/mol. The molecule has 1 aliphatic rings. The van der Waals surface area contributed by atoms with Crippen LogP contribution in [0.25, 0.3) is 0 Å². The Morgan fingerprint density at radius 1 is 1.10 bits per heavy atom. The summed E-state index contributed by atoms with van der Waals surface area (Å²) in [6.07, 6.45) is 4.84. The number of hydrogen-bond acceptors (Lipinski definition) is 6. The Bertz CT molecular complexity index is 481. The second-order valence-electron chi connectivity index (χ2n) is 5.25. The molecule has 3 N–H and O–H groups in total. The summed E-state index contributed by atoms with van der Waals surface area (Å²) in [7, 11) is -6.83. The summed E-state index contributed by atoms with van der Waals surface area (Å²) >= 11 is 0. The molecule has 0 aromatic rings. The van der Waals surface area contributed by atoms with Crippen molar-refractivity contribution in [2.24, 2.45) is 5.73 Å². The van der Waals surface area contributed by atoms with Crippen molar-refractivity contribution in [1.82, 2.24) is 4.72 Å². The van der Waals surface area contributed by atoms with E-state index in [1.165, 1.54) is 0 Å². The van der Waals surface area contributed by atoms with Gasteiger partial charge in [0.25, 0.3) is 0 Å². The fourth-order valence-electron chi connectivity index (χ4n) is 2.01. The van der Waals surface area contributed by atoms with Crippen molar-refractivity contribution >= 4 is 19.9 Å². The van der Waals surface area contributed by atoms with Crippen LogP contribution in [0, 0.1) is 0 Å². The Kier molecular flexibility index (Phi) is 6.86. The van der Waals surface area contributed by atoms with Crippen LogP contribution in [-0.4, -0.2) is 59.9 Å². The van der Waals surface area contributed by atoms with Gasteiger partial charge in [0.2, 0.25) is 10.0 Å². The molecule has 20 heavy (non-hydrogen) atoms. The zero-order chi connectivity index (χ0) is 15.2. The molecule has 1 rings (SSSR count). The quantitative estimate of drug-likeness (QED) is 0.566. The van der Waals surface area contributed by atoms with E-state index in [0.29, 0.717) is 0 Å². The minimum absolute atomic E-state index is 0.148. The third-order valence-electron chi connectivity index (χ3n) is 3.22. The third-order valence-corrected chi connectivity index (χ3v) is 5.81. The van der Waals surface area contributed by atoms with E-state index in [1.807, 2.05) is 0 Å². The standard InChI is InChI=1S/C11H24N2O5S2/c1-19(14,15)8-9-20(16,17)13-6-7-18-11-4-2-10(12)3-5-11/h10-11,13H,2-9,12H2,1H3. The van der Waals surface area contributed by atoms with Gasteiger partial charge in [-0.1, -0.05) is 0 Å². The van der Waals surface area contributed by atoms with Crippen LogP contribution in [0.1, 0.15) is 25.7 Å². The normalized spacial score (nSPS) is 24.7. The summed E-state index contributed by atoms with van der Waals surface area (Å²) in [4.78, 5) is 0. The monoisotopic (exact) mass is 328 g/mol. The van der Waals surface area contributed by atoms with Crippen LogP contribution in [0.4, 0.5) is 0 Å². The van der Waals surface area contributed by atoms with Crippen LogP contribution in [0.2, 0.25) is 0 Å². The van der Waals surface area contributed by atoms with Crippen LogP contribution in [0.15, 0.2) is 0 Å². The predicted octanol–water partition coefficient (Wildman–Crippen LogP) is -0.763. The van der Waals surface area contributed by atoms with Gasteiger partial charge in [-0.2, -0.15) is 0 Å². The molecule has 1 saturated carbocycles. The van der Waals surface area contributed by atoms with E-state index in [4.69, 9.17) is 10.5 Å². The van der Waals surface area contributed by atoms with E-state index in [9.17, 15) is 16.8 Å². The van der Waals surface area contributed by atoms with Gasteiger partial charge in [0.1, 0.15) is 9.84 Å². The Morgan fingerprint density at radius 2 is 1.70 bits per heavy atom. The van der Waals surface area contributed by atoms with E-state index in [1.54, 1.807) is 0 Å². The highest BCUT2D eigenvalue weighted by Gasteiger charge is 2.19. The lowest BCUT2D eigenvalue weighted by atomic mass is 9.94. The first-order chi connectivity index (χ1) is 9.18. The fourth-order valence-corrected chi connectivity index (χ4v) is 4.64. The molecule has 0 unspecified atom stereocenters. The molecule has 7 nitrogen and oxygen atoms in total. The first-order valence-electron chi connectivity index (χ1n) is 6.70. The summed E-state index contributed by atoms with van der Waals surface area (Å²) in [5, 5.41) is 0. The smallest absolute Gasteiger partial charge is 0.212 e. The Hall–Kier alpha value is -0.220. The van der Waals surface area contributed by atoms with Gasteiger partial charge in [-0.25, -0.2) is 21.6 Å². The summed E-state index contributed by atoms with van der Waals surface area (Å²) < 4.78 is 52.8. The van der Waals surface area contributed by atoms with E-state index in [-0.39, 0.29) is 31.1 Å². The van der Waals surface area contributed by atoms with Crippen molar-refractivity contribution in [3.63, 3.8) is 0 Å². The van der Waals surface area contributed by atoms with Crippen molar-refractivity contribution in [1.29, 1.82) is 0 Å². The van der Waals surface area contributed by atoms with Gasteiger partial charge in [-0.15, -0.1) is 0 Å². The predicted molar refractivity (Wildman–Crippen MR) is 77.7 cm³/mol. The second-order valence-corrected chi connectivity index (χ2v) is 9.44. The lowest BCUT2D eigenvalue weighted by molar-refractivity contribution is 0.0287. The molecule has 9 heteroatoms. The highest BCUT2D eigenvalue weighted by atomic mass is 32.2. The van der Waals surface area contributed by atoms with Gasteiger partial charge >= 0.3 is 0 Å². The lowest BCUT2D eigenvalue weighted by Crippen LogP contribution is -2.34. The molecule has 0 atom stereocenters. The van der Waals surface area contributed by atoms with Gasteiger partial charge in [0.05, 0.1) is 24.2 Å². The minimum atomic E-state index is -3.56. The van der Waals surface area contributed by atoms with Crippen molar-refractivity contribution in [3.8, 4) is 0 Å². The zero-order valence-corrected chi connectivity index (χ0v) is 13.4. The van der Waals surface area contributed by atoms with Crippen LogP contribution in [-0.2, 0) is 24.6 Å². The number of nitrogens with two attached hydrogens (primary N) is 1. The van der Waals surface area contributed by atoms with Crippen LogP contribution in [0.3, 0.4) is 0 Å². The van der Waals surface area contributed by atoms with Gasteiger partial charge in [-0.05, 0) is 25.7 Å². The minimum Gasteiger partial charge on any atom is -0.377 e. The molecule has 0 aliphatic heterocycles. The first kappa shape index (κ1) is 17.8. The van der Waals surface area contributed by atoms with Crippen LogP contribution < -0.4 is 10.5 Å². The third kappa shape index (κ3) is 8.15. The molecule has 0 radical (unpaired) electrons. The average Bonchev–Trinajstić information content (AvgIpc) is 2.34. The summed E-state index contributed by atoms with van der Waals surface area (Å²) in [6.45, 7) is 0.451. The maximum Gasteiger partial charge on any atom is 0.212 e. The van der Waals surface area contributed by atoms with Gasteiger partial charge in [0, 0.05) is 18.8 Å². The molecule has 120 valence electrons. The van der Waals surface area contributed by atoms with Gasteiger partial charge in [0.15, 0.2) is 0 Å². The van der Waals surface area contributed by atoms with E-state index in [0.717, 1.165) is 31.9 Å². The maximum atomic E-state index is 11.5. The van der Waals surface area contributed by atoms with E-state index >= 15 is 0 Å². The summed E-state index contributed by atoms with van der Waals surface area (Å²) in [6, 6.07) is 0.254. The molecule has 0 heterocycles. The highest BCUT2D eigenvalue weighted by Crippen LogP contribution is 2.19. The van der Waals surface area contributed by atoms with Gasteiger partial charge in [-0.3, -0.25) is 0 Å². The van der Waals surface area contributed by atoms with Crippen molar-refractivity contribution in [2.45, 2.75) is 37.8 Å². The Balaban J connectivity index is 2.17. The van der Waals surface area contributed by atoms with E-state index in [2.05, 4.69) is 4.72 Å². The first-order valence-corrected chi connectivity index (χ1v) is 10.4.